The first-order chi connectivity index (χ1) is 27.7. The molecular formula is C45H86N4O8. The summed E-state index contributed by atoms with van der Waals surface area (Å²) in [6, 6.07) is 0.518. The van der Waals surface area contributed by atoms with Gasteiger partial charge in [0.15, 0.2) is 0 Å². The zero-order chi connectivity index (χ0) is 41.8. The molecule has 0 saturated carbocycles. The molecule has 1 heterocycles. The van der Waals surface area contributed by atoms with Crippen molar-refractivity contribution in [3.8, 4) is 0 Å². The van der Waals surface area contributed by atoms with Gasteiger partial charge in [0.05, 0.1) is 26.1 Å². The zero-order valence-electron chi connectivity index (χ0n) is 37.2. The smallest absolute Gasteiger partial charge is 0.407 e. The molecule has 0 aromatic carbocycles. The lowest BCUT2D eigenvalue weighted by atomic mass is 10.1. The summed E-state index contributed by atoms with van der Waals surface area (Å²) in [6.07, 6.45) is 23.8. The molecule has 12 nitrogen and oxygen atoms in total. The summed E-state index contributed by atoms with van der Waals surface area (Å²) < 4.78 is 22.2. The van der Waals surface area contributed by atoms with Crippen molar-refractivity contribution in [2.45, 2.75) is 206 Å². The molecule has 0 aliphatic carbocycles. The van der Waals surface area contributed by atoms with Gasteiger partial charge >= 0.3 is 24.1 Å². The lowest BCUT2D eigenvalue weighted by Gasteiger charge is -2.26. The molecule has 1 saturated heterocycles. The Hall–Kier alpha value is -2.60. The number of unbranched alkanes of at least 4 members (excludes halogenated alkanes) is 12. The molecule has 0 bridgehead atoms. The molecule has 1 aliphatic heterocycles. The number of nitrogens with one attached hydrogen (secondary N) is 2. The third-order valence-electron chi connectivity index (χ3n) is 11.1. The molecule has 1 fully saturated rings. The number of alkyl carbamates (subject to hydrolysis) is 2. The topological polar surface area (TPSA) is 136 Å². The third kappa shape index (κ3) is 30.2. The Morgan fingerprint density at radius 3 is 1.49 bits per heavy atom. The number of hydrogen-bond acceptors (Lipinski definition) is 10. The molecule has 0 radical (unpaired) electrons. The van der Waals surface area contributed by atoms with Crippen molar-refractivity contribution in [3.63, 3.8) is 0 Å². The van der Waals surface area contributed by atoms with Gasteiger partial charge in [-0.3, -0.25) is 9.59 Å². The van der Waals surface area contributed by atoms with E-state index in [2.05, 4.69) is 55.2 Å². The number of amides is 2. The Balaban J connectivity index is 2.26. The van der Waals surface area contributed by atoms with Crippen LogP contribution in [0.5, 0.6) is 0 Å². The fourth-order valence-corrected chi connectivity index (χ4v) is 7.24. The second kappa shape index (κ2) is 36.5. The van der Waals surface area contributed by atoms with Crippen LogP contribution in [-0.4, -0.2) is 112 Å². The van der Waals surface area contributed by atoms with E-state index in [0.717, 1.165) is 58.0 Å². The Labute approximate surface area is 348 Å². The monoisotopic (exact) mass is 811 g/mol. The minimum Gasteiger partial charge on any atom is -0.466 e. The van der Waals surface area contributed by atoms with Crippen LogP contribution in [0.2, 0.25) is 0 Å². The van der Waals surface area contributed by atoms with Gasteiger partial charge in [-0.25, -0.2) is 9.59 Å². The van der Waals surface area contributed by atoms with Gasteiger partial charge < -0.3 is 39.4 Å². The van der Waals surface area contributed by atoms with Crippen LogP contribution >= 0.6 is 0 Å². The molecule has 2 amide bonds. The first-order valence-corrected chi connectivity index (χ1v) is 23.3. The standard InChI is InChI=1S/C45H86N4O8/c1-6-10-12-14-16-18-26-40(8-3)56-44(52)46-31-20-22-37-54-42(50)29-35-49(34-28-39-25-24-33-48(39)5)36-30-43(51)55-38-23-21-32-47-45(53)57-41(9-4)27-19-17-15-13-11-7-2/h39-41H,6-38H2,1-5H3,(H,46,52)(H,47,53). The number of esters is 2. The molecule has 0 aromatic rings. The van der Waals surface area contributed by atoms with Crippen molar-refractivity contribution in [2.24, 2.45) is 0 Å². The highest BCUT2D eigenvalue weighted by molar-refractivity contribution is 5.70. The van der Waals surface area contributed by atoms with Gasteiger partial charge in [-0.1, -0.05) is 91.9 Å². The fraction of sp³-hybridized carbons (Fsp3) is 0.911. The number of carbonyl (C=O) groups is 4. The Morgan fingerprint density at radius 1 is 0.614 bits per heavy atom. The number of ether oxygens (including phenoxy) is 4. The van der Waals surface area contributed by atoms with Crippen LogP contribution < -0.4 is 10.6 Å². The Bertz CT molecular complexity index is 952. The van der Waals surface area contributed by atoms with E-state index in [1.165, 1.54) is 77.0 Å². The summed E-state index contributed by atoms with van der Waals surface area (Å²) in [5, 5.41) is 5.66. The fourth-order valence-electron chi connectivity index (χ4n) is 7.24. The van der Waals surface area contributed by atoms with Gasteiger partial charge in [0.25, 0.3) is 0 Å². The first kappa shape index (κ1) is 52.4. The molecule has 1 aliphatic rings. The summed E-state index contributed by atoms with van der Waals surface area (Å²) in [4.78, 5) is 54.3. The number of carbonyl (C=O) groups excluding carboxylic acids is 4. The van der Waals surface area contributed by atoms with Crippen LogP contribution in [0, 0.1) is 0 Å². The van der Waals surface area contributed by atoms with Gasteiger partial charge in [0.1, 0.15) is 12.2 Å². The minimum atomic E-state index is -0.372. The molecule has 57 heavy (non-hydrogen) atoms. The first-order valence-electron chi connectivity index (χ1n) is 23.3. The van der Waals surface area contributed by atoms with Gasteiger partial charge in [0, 0.05) is 32.2 Å². The van der Waals surface area contributed by atoms with E-state index in [-0.39, 0.29) is 49.2 Å². The van der Waals surface area contributed by atoms with Crippen LogP contribution in [0.15, 0.2) is 0 Å². The lowest BCUT2D eigenvalue weighted by molar-refractivity contribution is -0.144. The van der Waals surface area contributed by atoms with E-state index in [1.807, 2.05) is 0 Å². The van der Waals surface area contributed by atoms with Gasteiger partial charge in [-0.2, -0.15) is 0 Å². The maximum Gasteiger partial charge on any atom is 0.407 e. The molecule has 0 spiro atoms. The predicted molar refractivity (Wildman–Crippen MR) is 229 cm³/mol. The van der Waals surface area contributed by atoms with Crippen molar-refractivity contribution in [3.05, 3.63) is 0 Å². The maximum atomic E-state index is 12.6. The van der Waals surface area contributed by atoms with Crippen LogP contribution in [0.3, 0.4) is 0 Å². The molecule has 0 aromatic heterocycles. The molecule has 2 N–H and O–H groups in total. The van der Waals surface area contributed by atoms with E-state index < -0.39 is 0 Å². The molecule has 3 unspecified atom stereocenters. The highest BCUT2D eigenvalue weighted by Crippen LogP contribution is 2.19. The van der Waals surface area contributed by atoms with Crippen molar-refractivity contribution in [1.29, 1.82) is 0 Å². The summed E-state index contributed by atoms with van der Waals surface area (Å²) in [5.74, 6) is -0.511. The van der Waals surface area contributed by atoms with E-state index in [4.69, 9.17) is 18.9 Å². The van der Waals surface area contributed by atoms with E-state index in [0.29, 0.717) is 71.1 Å². The summed E-state index contributed by atoms with van der Waals surface area (Å²) in [6.45, 7) is 13.1. The average Bonchev–Trinajstić information content (AvgIpc) is 3.62. The second-order valence-corrected chi connectivity index (χ2v) is 16.1. The molecule has 3 atom stereocenters. The number of hydrogen-bond donors (Lipinski definition) is 2. The predicted octanol–water partition coefficient (Wildman–Crippen LogP) is 9.71. The maximum absolute atomic E-state index is 12.6. The number of rotatable bonds is 37. The van der Waals surface area contributed by atoms with Gasteiger partial charge in [-0.15, -0.1) is 0 Å². The SMILES string of the molecule is CCCCCCCCC(CC)OC(=O)NCCCCOC(=O)CCN(CCC(=O)OCCCCNC(=O)OC(CC)CCCCCCCC)CCC1CCCN1C. The van der Waals surface area contributed by atoms with E-state index in [9.17, 15) is 19.2 Å². The van der Waals surface area contributed by atoms with Gasteiger partial charge in [-0.05, 0) is 104 Å². The van der Waals surface area contributed by atoms with Crippen LogP contribution in [-0.2, 0) is 28.5 Å². The normalized spacial score (nSPS) is 15.3. The molecule has 12 heteroatoms. The van der Waals surface area contributed by atoms with Crippen molar-refractivity contribution < 1.29 is 38.1 Å². The second-order valence-electron chi connectivity index (χ2n) is 16.1. The number of likely N-dealkylation sites (tertiary alicyclic amines) is 1. The minimum absolute atomic E-state index is 0.0442. The van der Waals surface area contributed by atoms with Crippen LogP contribution in [0.4, 0.5) is 9.59 Å². The van der Waals surface area contributed by atoms with E-state index in [1.54, 1.807) is 0 Å². The summed E-state index contributed by atoms with van der Waals surface area (Å²) in [5.41, 5.74) is 0. The quantitative estimate of drug-likeness (QED) is 0.0355. The lowest BCUT2D eigenvalue weighted by Crippen LogP contribution is -2.35. The van der Waals surface area contributed by atoms with Crippen molar-refractivity contribution in [1.82, 2.24) is 20.4 Å². The van der Waals surface area contributed by atoms with Gasteiger partial charge in [0.2, 0.25) is 0 Å². The molecule has 1 rings (SSSR count). The molecule has 334 valence electrons. The zero-order valence-corrected chi connectivity index (χ0v) is 37.2. The Kier molecular flexibility index (Phi) is 33.5. The highest BCUT2D eigenvalue weighted by Gasteiger charge is 2.22. The average molecular weight is 811 g/mol. The molecular weight excluding hydrogens is 725 g/mol. The third-order valence-corrected chi connectivity index (χ3v) is 11.1. The van der Waals surface area contributed by atoms with Crippen molar-refractivity contribution in [2.75, 3.05) is 59.5 Å². The van der Waals surface area contributed by atoms with Crippen LogP contribution in [0.25, 0.3) is 0 Å². The summed E-state index contributed by atoms with van der Waals surface area (Å²) in [7, 11) is 2.16. The van der Waals surface area contributed by atoms with Crippen molar-refractivity contribution >= 4 is 24.1 Å². The Morgan fingerprint density at radius 2 is 1.07 bits per heavy atom. The number of nitrogens with zero attached hydrogens (tertiary/aromatic N) is 2. The summed E-state index contributed by atoms with van der Waals surface area (Å²) >= 11 is 0. The van der Waals surface area contributed by atoms with Crippen LogP contribution in [0.1, 0.15) is 188 Å². The highest BCUT2D eigenvalue weighted by atomic mass is 16.6. The largest absolute Gasteiger partial charge is 0.466 e. The van der Waals surface area contributed by atoms with E-state index >= 15 is 0 Å².